The molecule has 23 nitrogen and oxygen atoms in total. The maximum absolute atomic E-state index is 14.1. The van der Waals surface area contributed by atoms with Gasteiger partial charge in [-0.3, -0.25) is 34.4 Å². The van der Waals surface area contributed by atoms with E-state index in [1.165, 1.54) is 65.0 Å². The number of para-hydroxylation sites is 2. The van der Waals surface area contributed by atoms with Crippen LogP contribution in [0.25, 0.3) is 43.6 Å². The number of fused-ring (bicyclic) bond motifs is 4. The average Bonchev–Trinajstić information content (AvgIpc) is 1.91. The zero-order valence-corrected chi connectivity index (χ0v) is 55.5. The van der Waals surface area contributed by atoms with Crippen molar-refractivity contribution in [1.29, 1.82) is 0 Å². The van der Waals surface area contributed by atoms with Crippen molar-refractivity contribution in [3.63, 3.8) is 0 Å². The molecule has 4 aromatic carbocycles. The molecule has 23 heteroatoms. The first kappa shape index (κ1) is 66.5. The second kappa shape index (κ2) is 30.5. The number of aromatic nitrogens is 6. The number of benzene rings is 4. The normalized spacial score (nSPS) is 19.5. The third-order valence-corrected chi connectivity index (χ3v) is 20.9. The SMILES string of the molecule is CN1CCC(N2CCNCC2)CC1.Cc1cc(C[C@@H](NC(=O)N2CCC(c3cc4ccccc4[nH]c3=O)CC2)C(=O)N2CCN(C3CCN(C)CC3)CC2)cc2cn[nH]c12.Cc1cc(C[C@@H](NC(=O)N2CCC(c3cc4ccccc4[nH]c3=O)CC2)C(=O)O)cc2cn[nH]c12. The molecule has 8 aromatic rings. The summed E-state index contributed by atoms with van der Waals surface area (Å²) in [7, 11) is 4.41. The van der Waals surface area contributed by atoms with Crippen LogP contribution in [0.2, 0.25) is 0 Å². The summed E-state index contributed by atoms with van der Waals surface area (Å²) in [5.41, 5.74) is 8.74. The van der Waals surface area contributed by atoms with Crippen molar-refractivity contribution in [1.82, 2.24) is 80.6 Å². The van der Waals surface area contributed by atoms with E-state index in [4.69, 9.17) is 0 Å². The minimum atomic E-state index is -1.08. The van der Waals surface area contributed by atoms with Gasteiger partial charge in [-0.15, -0.1) is 0 Å². The number of pyridine rings is 2. The Morgan fingerprint density at radius 2 is 0.926 bits per heavy atom. The van der Waals surface area contributed by atoms with Gasteiger partial charge in [0.25, 0.3) is 11.1 Å². The summed E-state index contributed by atoms with van der Waals surface area (Å²) in [6.45, 7) is 18.7. The van der Waals surface area contributed by atoms with Gasteiger partial charge in [-0.1, -0.05) is 48.5 Å². The maximum atomic E-state index is 14.1. The summed E-state index contributed by atoms with van der Waals surface area (Å²) in [5, 5.41) is 37.1. The smallest absolute Gasteiger partial charge is 0.326 e. The predicted molar refractivity (Wildman–Crippen MR) is 371 cm³/mol. The first-order valence-corrected chi connectivity index (χ1v) is 34.3. The number of aliphatic carboxylic acids is 1. The van der Waals surface area contributed by atoms with Crippen LogP contribution in [-0.4, -0.2) is 237 Å². The van der Waals surface area contributed by atoms with Gasteiger partial charge in [0.05, 0.1) is 23.4 Å². The monoisotopic (exact) mass is 1290 g/mol. The number of carboxylic acid groups (broad SMARTS) is 1. The maximum Gasteiger partial charge on any atom is 0.326 e. The number of H-pyrrole nitrogens is 4. The van der Waals surface area contributed by atoms with Gasteiger partial charge in [0.2, 0.25) is 5.91 Å². The van der Waals surface area contributed by atoms with Crippen molar-refractivity contribution in [3.8, 4) is 0 Å². The van der Waals surface area contributed by atoms with Gasteiger partial charge in [0.1, 0.15) is 12.1 Å². The lowest BCUT2D eigenvalue weighted by Crippen LogP contribution is -2.59. The van der Waals surface area contributed by atoms with Crippen molar-refractivity contribution < 1.29 is 24.3 Å². The van der Waals surface area contributed by atoms with Crippen LogP contribution in [0.3, 0.4) is 0 Å². The number of aryl methyl sites for hydroxylation is 2. The molecule has 10 heterocycles. The van der Waals surface area contributed by atoms with Gasteiger partial charge in [0.15, 0.2) is 0 Å². The van der Waals surface area contributed by atoms with Crippen LogP contribution in [0.1, 0.15) is 96.6 Å². The van der Waals surface area contributed by atoms with E-state index in [0.717, 1.165) is 109 Å². The lowest BCUT2D eigenvalue weighted by atomic mass is 9.89. The van der Waals surface area contributed by atoms with E-state index < -0.39 is 24.1 Å². The fraction of sp³-hybridized carbons (Fsp3) is 0.500. The van der Waals surface area contributed by atoms with Crippen molar-refractivity contribution >= 4 is 67.6 Å². The van der Waals surface area contributed by atoms with E-state index in [2.05, 4.69) is 92.1 Å². The quantitative estimate of drug-likeness (QED) is 0.0630. The molecule has 6 saturated heterocycles. The molecule has 504 valence electrons. The Labute approximate surface area is 554 Å². The number of hydrogen-bond acceptors (Lipinski definition) is 13. The Morgan fingerprint density at radius 3 is 1.38 bits per heavy atom. The number of hydrogen-bond donors (Lipinski definition) is 8. The van der Waals surface area contributed by atoms with Crippen molar-refractivity contribution in [2.24, 2.45) is 0 Å². The fourth-order valence-corrected chi connectivity index (χ4v) is 15.2. The van der Waals surface area contributed by atoms with E-state index in [1.807, 2.05) is 91.5 Å². The van der Waals surface area contributed by atoms with Crippen LogP contribution in [0.4, 0.5) is 9.59 Å². The lowest BCUT2D eigenvalue weighted by molar-refractivity contribution is -0.139. The summed E-state index contributed by atoms with van der Waals surface area (Å²) >= 11 is 0. The number of piperidine rings is 4. The van der Waals surface area contributed by atoms with Gasteiger partial charge < -0.3 is 55.5 Å². The first-order valence-electron chi connectivity index (χ1n) is 34.3. The summed E-state index contributed by atoms with van der Waals surface area (Å²) in [6.07, 6.45) is 11.8. The predicted octanol–water partition coefficient (Wildman–Crippen LogP) is 6.74. The fourth-order valence-electron chi connectivity index (χ4n) is 15.2. The number of nitrogens with one attached hydrogen (secondary N) is 7. The zero-order valence-electron chi connectivity index (χ0n) is 55.5. The Hall–Kier alpha value is -8.48. The van der Waals surface area contributed by atoms with Gasteiger partial charge in [0, 0.05) is 136 Å². The highest BCUT2D eigenvalue weighted by atomic mass is 16.4. The number of piperazine rings is 2. The van der Waals surface area contributed by atoms with Crippen LogP contribution in [0.15, 0.2) is 107 Å². The molecular weight excluding hydrogens is 1200 g/mol. The number of nitrogens with zero attached hydrogens (tertiary/aromatic N) is 9. The molecule has 14 rings (SSSR count). The van der Waals surface area contributed by atoms with E-state index in [-0.39, 0.29) is 41.3 Å². The number of carboxylic acids is 1. The Bertz CT molecular complexity index is 4080. The topological polar surface area (TPSA) is 270 Å². The van der Waals surface area contributed by atoms with E-state index in [0.29, 0.717) is 77.4 Å². The number of carbonyl (C=O) groups excluding carboxylic acids is 3. The number of amides is 5. The number of carbonyl (C=O) groups is 4. The van der Waals surface area contributed by atoms with Gasteiger partial charge >= 0.3 is 18.0 Å². The van der Waals surface area contributed by atoms with E-state index in [1.54, 1.807) is 22.2 Å². The molecule has 4 aromatic heterocycles. The van der Waals surface area contributed by atoms with E-state index in [9.17, 15) is 33.9 Å². The van der Waals surface area contributed by atoms with Crippen molar-refractivity contribution in [3.05, 3.63) is 151 Å². The highest BCUT2D eigenvalue weighted by Gasteiger charge is 2.35. The number of aromatic amines is 4. The van der Waals surface area contributed by atoms with Crippen LogP contribution in [0, 0.1) is 13.8 Å². The molecule has 2 atom stereocenters. The molecule has 0 saturated carbocycles. The lowest BCUT2D eigenvalue weighted by Gasteiger charge is -2.43. The van der Waals surface area contributed by atoms with Crippen LogP contribution in [0.5, 0.6) is 0 Å². The standard InChI is InChI=1S/C36H46N8O3.C26H27N5O4.C10H21N3/c1-24-19-25(20-28-23-37-40-33(24)28)21-32(35(46)43-17-15-42(16-18-43)29-9-11-41(2)12-10-29)39-36(47)44-13-7-26(8-14-44)30-22-27-5-3-4-6-31(27)38-34(30)45;1-15-10-16(11-19-14-27-30-23(15)19)12-22(25(33)34)29-26(35)31-8-6-17(7-9-31)20-13-18-4-2-3-5-21(18)28-24(20)32;1-12-6-2-10(3-7-12)13-8-4-11-5-9-13/h3-6,19-20,22-23,26,29,32H,7-18,21H2,1-2H3,(H,37,40)(H,38,45)(H,39,47);2-5,10-11,13-14,17,22H,6-9,12H2,1H3,(H,27,30)(H,28,32)(H,29,35)(H,33,34);10-11H,2-9H2,1H3/t32-;22-;/m11./s1. The first-order chi connectivity index (χ1) is 46.1. The molecule has 0 radical (unpaired) electrons. The summed E-state index contributed by atoms with van der Waals surface area (Å²) < 4.78 is 0. The van der Waals surface area contributed by atoms with Gasteiger partial charge in [-0.05, 0) is 187 Å². The molecule has 8 N–H and O–H groups in total. The Kier molecular flexibility index (Phi) is 21.4. The largest absolute Gasteiger partial charge is 0.480 e. The number of likely N-dealkylation sites (tertiary alicyclic amines) is 4. The summed E-state index contributed by atoms with van der Waals surface area (Å²) in [4.78, 5) is 99.6. The second-order valence-electron chi connectivity index (χ2n) is 27.3. The Balaban J connectivity index is 0.000000157. The average molecular weight is 1300 g/mol. The van der Waals surface area contributed by atoms with E-state index >= 15 is 0 Å². The number of urea groups is 2. The highest BCUT2D eigenvalue weighted by molar-refractivity contribution is 5.89. The van der Waals surface area contributed by atoms with Gasteiger partial charge in [-0.2, -0.15) is 10.2 Å². The van der Waals surface area contributed by atoms with Crippen molar-refractivity contribution in [2.75, 3.05) is 119 Å². The van der Waals surface area contributed by atoms with Gasteiger partial charge in [-0.25, -0.2) is 14.4 Å². The Morgan fingerprint density at radius 1 is 0.505 bits per heavy atom. The molecule has 0 bridgehead atoms. The van der Waals surface area contributed by atoms with Crippen molar-refractivity contribution in [2.45, 2.75) is 114 Å². The summed E-state index contributed by atoms with van der Waals surface area (Å²) in [6, 6.07) is 26.5. The zero-order chi connectivity index (χ0) is 66.1. The van der Waals surface area contributed by atoms with Crippen LogP contribution < -0.4 is 27.1 Å². The molecular formula is C72H94N16O7. The molecule has 0 aliphatic carbocycles. The van der Waals surface area contributed by atoms with Crippen LogP contribution >= 0.6 is 0 Å². The molecule has 6 fully saturated rings. The highest BCUT2D eigenvalue weighted by Crippen LogP contribution is 2.31. The molecule has 6 aliphatic heterocycles. The number of rotatable bonds is 12. The molecule has 6 aliphatic rings. The molecule has 0 unspecified atom stereocenters. The molecule has 95 heavy (non-hydrogen) atoms. The summed E-state index contributed by atoms with van der Waals surface area (Å²) in [5.74, 6) is -0.979. The third kappa shape index (κ3) is 16.3. The third-order valence-electron chi connectivity index (χ3n) is 20.9. The minimum absolute atomic E-state index is 0.0242. The van der Waals surface area contributed by atoms with Crippen LogP contribution in [-0.2, 0) is 22.4 Å². The molecule has 0 spiro atoms. The molecule has 5 amide bonds. The second-order valence-corrected chi connectivity index (χ2v) is 27.3. The minimum Gasteiger partial charge on any atom is -0.480 e.